The van der Waals surface area contributed by atoms with Crippen LogP contribution in [0.2, 0.25) is 0 Å². The first-order valence-corrected chi connectivity index (χ1v) is 6.41. The fourth-order valence-corrected chi connectivity index (χ4v) is 3.10. The van der Waals surface area contributed by atoms with Crippen molar-refractivity contribution >= 4 is 5.97 Å². The average Bonchev–Trinajstić information content (AvgIpc) is 3.04. The van der Waals surface area contributed by atoms with Crippen molar-refractivity contribution in [2.45, 2.75) is 39.7 Å². The number of hydrogen-bond acceptors (Lipinski definition) is 2. The number of hydrogen-bond donors (Lipinski definition) is 2. The molecule has 0 heterocycles. The Morgan fingerprint density at radius 1 is 1.28 bits per heavy atom. The van der Waals surface area contributed by atoms with Gasteiger partial charge in [-0.1, -0.05) is 17.7 Å². The molecule has 1 fully saturated rings. The summed E-state index contributed by atoms with van der Waals surface area (Å²) < 4.78 is 0. The molecule has 0 aliphatic heterocycles. The number of rotatable bonds is 4. The topological polar surface area (TPSA) is 49.3 Å². The SMILES string of the molecule is CNC(c1c(C)cc(C)cc1C)C1(C(=O)O)CC1. The van der Waals surface area contributed by atoms with Crippen molar-refractivity contribution in [2.75, 3.05) is 7.05 Å². The van der Waals surface area contributed by atoms with E-state index in [4.69, 9.17) is 0 Å². The summed E-state index contributed by atoms with van der Waals surface area (Å²) in [6, 6.07) is 4.17. The number of carboxylic acid groups (broad SMARTS) is 1. The van der Waals surface area contributed by atoms with Crippen LogP contribution in [0.4, 0.5) is 0 Å². The zero-order valence-corrected chi connectivity index (χ0v) is 11.5. The number of carboxylic acids is 1. The van der Waals surface area contributed by atoms with Crippen LogP contribution < -0.4 is 5.32 Å². The Morgan fingerprint density at radius 3 is 2.11 bits per heavy atom. The summed E-state index contributed by atoms with van der Waals surface area (Å²) in [5.41, 5.74) is 4.14. The van der Waals surface area contributed by atoms with Crippen LogP contribution in [0.15, 0.2) is 12.1 Å². The smallest absolute Gasteiger partial charge is 0.311 e. The Kier molecular flexibility index (Phi) is 3.20. The maximum Gasteiger partial charge on any atom is 0.311 e. The lowest BCUT2D eigenvalue weighted by Crippen LogP contribution is -2.33. The van der Waals surface area contributed by atoms with E-state index in [2.05, 4.69) is 38.2 Å². The summed E-state index contributed by atoms with van der Waals surface area (Å²) in [5, 5.41) is 12.7. The monoisotopic (exact) mass is 247 g/mol. The van der Waals surface area contributed by atoms with Crippen LogP contribution in [0.5, 0.6) is 0 Å². The first-order valence-electron chi connectivity index (χ1n) is 6.41. The highest BCUT2D eigenvalue weighted by atomic mass is 16.4. The van der Waals surface area contributed by atoms with Crippen molar-refractivity contribution in [1.82, 2.24) is 5.32 Å². The molecule has 0 aromatic heterocycles. The molecule has 1 atom stereocenters. The Labute approximate surface area is 108 Å². The van der Waals surface area contributed by atoms with Crippen LogP contribution in [0, 0.1) is 26.2 Å². The normalized spacial score (nSPS) is 18.4. The third-order valence-electron chi connectivity index (χ3n) is 4.08. The first kappa shape index (κ1) is 13.1. The Morgan fingerprint density at radius 2 is 1.78 bits per heavy atom. The van der Waals surface area contributed by atoms with Crippen LogP contribution in [-0.4, -0.2) is 18.1 Å². The molecule has 3 heteroatoms. The summed E-state index contributed by atoms with van der Waals surface area (Å²) >= 11 is 0. The number of nitrogens with one attached hydrogen (secondary N) is 1. The van der Waals surface area contributed by atoms with E-state index in [1.807, 2.05) is 7.05 Å². The van der Waals surface area contributed by atoms with Gasteiger partial charge in [0.2, 0.25) is 0 Å². The molecule has 2 rings (SSSR count). The van der Waals surface area contributed by atoms with E-state index >= 15 is 0 Å². The molecule has 1 aromatic rings. The molecule has 1 unspecified atom stereocenters. The van der Waals surface area contributed by atoms with E-state index in [-0.39, 0.29) is 6.04 Å². The Bertz CT molecular complexity index is 466. The number of carbonyl (C=O) groups is 1. The van der Waals surface area contributed by atoms with E-state index in [1.54, 1.807) is 0 Å². The lowest BCUT2D eigenvalue weighted by Gasteiger charge is -2.27. The van der Waals surface area contributed by atoms with Crippen molar-refractivity contribution < 1.29 is 9.90 Å². The molecule has 0 saturated heterocycles. The zero-order chi connectivity index (χ0) is 13.5. The van der Waals surface area contributed by atoms with Gasteiger partial charge in [0.1, 0.15) is 0 Å². The van der Waals surface area contributed by atoms with Gasteiger partial charge in [-0.2, -0.15) is 0 Å². The van der Waals surface area contributed by atoms with Gasteiger partial charge in [-0.3, -0.25) is 4.79 Å². The van der Waals surface area contributed by atoms with Gasteiger partial charge in [0.05, 0.1) is 5.41 Å². The molecule has 1 aliphatic rings. The summed E-state index contributed by atoms with van der Waals surface area (Å²) in [4.78, 5) is 11.5. The predicted molar refractivity (Wildman–Crippen MR) is 71.8 cm³/mol. The van der Waals surface area contributed by atoms with Crippen molar-refractivity contribution in [1.29, 1.82) is 0 Å². The summed E-state index contributed by atoms with van der Waals surface area (Å²) in [7, 11) is 1.85. The van der Waals surface area contributed by atoms with E-state index < -0.39 is 11.4 Å². The molecule has 18 heavy (non-hydrogen) atoms. The van der Waals surface area contributed by atoms with E-state index in [1.165, 1.54) is 16.7 Å². The summed E-state index contributed by atoms with van der Waals surface area (Å²) in [5.74, 6) is -0.679. The molecular formula is C15H21NO2. The molecule has 0 radical (unpaired) electrons. The highest BCUT2D eigenvalue weighted by Gasteiger charge is 2.56. The van der Waals surface area contributed by atoms with Gasteiger partial charge in [0, 0.05) is 6.04 Å². The van der Waals surface area contributed by atoms with Crippen LogP contribution in [0.1, 0.15) is 41.1 Å². The average molecular weight is 247 g/mol. The second-order valence-electron chi connectivity index (χ2n) is 5.50. The number of benzene rings is 1. The number of aliphatic carboxylic acids is 1. The van der Waals surface area contributed by atoms with Gasteiger partial charge in [-0.25, -0.2) is 0 Å². The van der Waals surface area contributed by atoms with Gasteiger partial charge >= 0.3 is 5.97 Å². The molecule has 0 bridgehead atoms. The van der Waals surface area contributed by atoms with E-state index in [9.17, 15) is 9.90 Å². The molecule has 0 spiro atoms. The fraction of sp³-hybridized carbons (Fsp3) is 0.533. The van der Waals surface area contributed by atoms with Crippen molar-refractivity contribution in [3.8, 4) is 0 Å². The standard InChI is InChI=1S/C15H21NO2/c1-9-7-10(2)12(11(3)8-9)13(16-4)15(5-6-15)14(17)18/h7-8,13,16H,5-6H2,1-4H3,(H,17,18). The van der Waals surface area contributed by atoms with Gasteiger partial charge < -0.3 is 10.4 Å². The van der Waals surface area contributed by atoms with Gasteiger partial charge in [-0.05, 0) is 57.4 Å². The molecule has 1 aromatic carbocycles. The fourth-order valence-electron chi connectivity index (χ4n) is 3.10. The van der Waals surface area contributed by atoms with E-state index in [0.29, 0.717) is 0 Å². The molecule has 3 nitrogen and oxygen atoms in total. The summed E-state index contributed by atoms with van der Waals surface area (Å²) in [6.45, 7) is 6.21. The second kappa shape index (κ2) is 4.39. The van der Waals surface area contributed by atoms with Crippen LogP contribution in [-0.2, 0) is 4.79 Å². The maximum atomic E-state index is 11.5. The molecule has 0 amide bonds. The largest absolute Gasteiger partial charge is 0.481 e. The number of aryl methyl sites for hydroxylation is 3. The summed E-state index contributed by atoms with van der Waals surface area (Å²) in [6.07, 6.45) is 1.53. The zero-order valence-electron chi connectivity index (χ0n) is 11.5. The van der Waals surface area contributed by atoms with Crippen molar-refractivity contribution in [3.63, 3.8) is 0 Å². The third kappa shape index (κ3) is 1.93. The second-order valence-corrected chi connectivity index (χ2v) is 5.50. The molecule has 98 valence electrons. The Balaban J connectivity index is 2.50. The highest BCUT2D eigenvalue weighted by Crippen LogP contribution is 2.55. The van der Waals surface area contributed by atoms with Crippen LogP contribution >= 0.6 is 0 Å². The molecule has 1 aliphatic carbocycles. The minimum Gasteiger partial charge on any atom is -0.481 e. The highest BCUT2D eigenvalue weighted by molar-refractivity contribution is 5.79. The maximum absolute atomic E-state index is 11.5. The van der Waals surface area contributed by atoms with Gasteiger partial charge in [0.25, 0.3) is 0 Å². The van der Waals surface area contributed by atoms with Crippen molar-refractivity contribution in [2.24, 2.45) is 5.41 Å². The van der Waals surface area contributed by atoms with Gasteiger partial charge in [0.15, 0.2) is 0 Å². The lowest BCUT2D eigenvalue weighted by molar-refractivity contribution is -0.144. The minimum atomic E-state index is -0.679. The Hall–Kier alpha value is -1.35. The first-order chi connectivity index (χ1) is 8.42. The van der Waals surface area contributed by atoms with E-state index in [0.717, 1.165) is 18.4 Å². The van der Waals surface area contributed by atoms with Gasteiger partial charge in [-0.15, -0.1) is 0 Å². The van der Waals surface area contributed by atoms with Crippen LogP contribution in [0.25, 0.3) is 0 Å². The third-order valence-corrected chi connectivity index (χ3v) is 4.08. The molecular weight excluding hydrogens is 226 g/mol. The minimum absolute atomic E-state index is 0.0874. The van der Waals surface area contributed by atoms with Crippen LogP contribution in [0.3, 0.4) is 0 Å². The lowest BCUT2D eigenvalue weighted by atomic mass is 9.84. The molecule has 2 N–H and O–H groups in total. The predicted octanol–water partition coefficient (Wildman–Crippen LogP) is 2.74. The molecule has 1 saturated carbocycles. The quantitative estimate of drug-likeness (QED) is 0.860. The van der Waals surface area contributed by atoms with Crippen molar-refractivity contribution in [3.05, 3.63) is 34.4 Å².